The third kappa shape index (κ3) is 8.83. The highest BCUT2D eigenvalue weighted by atomic mass is 32.2. The molecule has 2 rings (SSSR count). The molecule has 5 atom stereocenters. The molecule has 0 aliphatic carbocycles. The van der Waals surface area contributed by atoms with Crippen LogP contribution in [0.2, 0.25) is 0 Å². The number of amides is 2. The molecule has 0 saturated carbocycles. The Bertz CT molecular complexity index is 1220. The SMILES string of the molecule is COc1ccc(CS(=O)(=O)[C@@H]2C[C@@H](C(=O)C[C@@H](C(C)C)[C@@H](O)C(F)(F)C(=O)NCC(F)(F)F)N(C(=O)[C@H](C)N)C2)cc1. The number of likely N-dealkylation sites (tertiary alicyclic amines) is 1. The van der Waals surface area contributed by atoms with Crippen LogP contribution in [0.25, 0.3) is 0 Å². The number of aliphatic hydroxyl groups is 1. The Kier molecular flexibility index (Phi) is 11.5. The highest BCUT2D eigenvalue weighted by molar-refractivity contribution is 7.91. The molecule has 0 aromatic heterocycles. The summed E-state index contributed by atoms with van der Waals surface area (Å²) in [5.41, 5.74) is 6.12. The summed E-state index contributed by atoms with van der Waals surface area (Å²) in [6.45, 7) is 1.59. The smallest absolute Gasteiger partial charge is 0.405 e. The van der Waals surface area contributed by atoms with Gasteiger partial charge in [-0.15, -0.1) is 0 Å². The summed E-state index contributed by atoms with van der Waals surface area (Å²) in [4.78, 5) is 39.1. The number of nitrogens with one attached hydrogen (secondary N) is 1. The minimum absolute atomic E-state index is 0.362. The van der Waals surface area contributed by atoms with E-state index in [9.17, 15) is 49.9 Å². The second-order valence-electron chi connectivity index (χ2n) is 10.8. The van der Waals surface area contributed by atoms with E-state index in [2.05, 4.69) is 0 Å². The van der Waals surface area contributed by atoms with Crippen molar-refractivity contribution in [3.05, 3.63) is 29.8 Å². The number of hydrogen-bond acceptors (Lipinski definition) is 8. The lowest BCUT2D eigenvalue weighted by atomic mass is 9.81. The number of nitrogens with two attached hydrogens (primary N) is 1. The predicted molar refractivity (Wildman–Crippen MR) is 141 cm³/mol. The van der Waals surface area contributed by atoms with E-state index in [1.165, 1.54) is 27.9 Å². The first-order valence-corrected chi connectivity index (χ1v) is 14.8. The Morgan fingerprint density at radius 3 is 2.17 bits per heavy atom. The number of alkyl halides is 5. The third-order valence-electron chi connectivity index (χ3n) is 7.16. The lowest BCUT2D eigenvalue weighted by molar-refractivity contribution is -0.178. The zero-order valence-electron chi connectivity index (χ0n) is 23.5. The average molecular weight is 630 g/mol. The van der Waals surface area contributed by atoms with Crippen LogP contribution in [0.1, 0.15) is 39.2 Å². The van der Waals surface area contributed by atoms with Gasteiger partial charge in [-0.25, -0.2) is 8.42 Å². The molecule has 2 amide bonds. The van der Waals surface area contributed by atoms with Crippen LogP contribution in [0.4, 0.5) is 22.0 Å². The summed E-state index contributed by atoms with van der Waals surface area (Å²) < 4.78 is 98.2. The van der Waals surface area contributed by atoms with E-state index in [0.29, 0.717) is 11.3 Å². The van der Waals surface area contributed by atoms with Gasteiger partial charge in [0.05, 0.1) is 30.2 Å². The highest BCUT2D eigenvalue weighted by Crippen LogP contribution is 2.34. The maximum atomic E-state index is 14.7. The highest BCUT2D eigenvalue weighted by Gasteiger charge is 2.53. The second kappa shape index (κ2) is 13.6. The molecule has 1 heterocycles. The molecule has 0 unspecified atom stereocenters. The van der Waals surface area contributed by atoms with Crippen molar-refractivity contribution in [2.75, 3.05) is 20.2 Å². The fourth-order valence-corrected chi connectivity index (χ4v) is 6.48. The maximum absolute atomic E-state index is 14.7. The number of aliphatic hydroxyl groups excluding tert-OH is 1. The van der Waals surface area contributed by atoms with Crippen LogP contribution in [-0.4, -0.2) is 91.8 Å². The molecule has 1 aliphatic heterocycles. The quantitative estimate of drug-likeness (QED) is 0.279. The number of halogens is 5. The summed E-state index contributed by atoms with van der Waals surface area (Å²) in [5, 5.41) is 10.2. The van der Waals surface area contributed by atoms with Crippen LogP contribution >= 0.6 is 0 Å². The van der Waals surface area contributed by atoms with Crippen molar-refractivity contribution in [1.29, 1.82) is 0 Å². The Balaban J connectivity index is 2.28. The number of rotatable bonds is 13. The molecule has 238 valence electrons. The molecule has 1 aromatic rings. The van der Waals surface area contributed by atoms with Gasteiger partial charge in [-0.2, -0.15) is 22.0 Å². The summed E-state index contributed by atoms with van der Waals surface area (Å²) in [5.74, 6) is -11.1. The zero-order valence-corrected chi connectivity index (χ0v) is 24.3. The molecule has 42 heavy (non-hydrogen) atoms. The molecule has 4 N–H and O–H groups in total. The number of ketones is 1. The van der Waals surface area contributed by atoms with E-state index in [-0.39, 0.29) is 13.0 Å². The van der Waals surface area contributed by atoms with E-state index in [0.717, 1.165) is 10.2 Å². The minimum Gasteiger partial charge on any atom is -0.497 e. The number of sulfone groups is 1. The normalized spacial score (nSPS) is 20.2. The fraction of sp³-hybridized carbons (Fsp3) is 0.654. The van der Waals surface area contributed by atoms with Crippen LogP contribution in [0.5, 0.6) is 5.75 Å². The van der Waals surface area contributed by atoms with Crippen molar-refractivity contribution in [3.8, 4) is 5.75 Å². The summed E-state index contributed by atoms with van der Waals surface area (Å²) >= 11 is 0. The van der Waals surface area contributed by atoms with Crippen LogP contribution < -0.4 is 15.8 Å². The average Bonchev–Trinajstić information content (AvgIpc) is 3.35. The molecule has 1 saturated heterocycles. The third-order valence-corrected chi connectivity index (χ3v) is 9.26. The van der Waals surface area contributed by atoms with Crippen LogP contribution in [0.15, 0.2) is 24.3 Å². The van der Waals surface area contributed by atoms with Gasteiger partial charge in [0.25, 0.3) is 5.91 Å². The molecular formula is C26H36F5N3O7S. The van der Waals surface area contributed by atoms with E-state index < -0.39 is 93.5 Å². The van der Waals surface area contributed by atoms with Gasteiger partial charge in [0.15, 0.2) is 15.6 Å². The van der Waals surface area contributed by atoms with Crippen molar-refractivity contribution in [2.24, 2.45) is 17.6 Å². The van der Waals surface area contributed by atoms with Crippen LogP contribution in [0, 0.1) is 11.8 Å². The second-order valence-corrected chi connectivity index (χ2v) is 13.0. The van der Waals surface area contributed by atoms with Gasteiger partial charge in [-0.3, -0.25) is 14.4 Å². The standard InChI is InChI=1S/C26H36F5N3O7S/c1-14(2)19(22(36)26(30,31)24(38)33-13-25(27,28)29)10-21(35)20-9-18(11-34(20)23(37)15(3)32)42(39,40)12-16-5-7-17(41-4)8-6-16/h5-8,14-15,18-20,22,36H,9-13,32H2,1-4H3,(H,33,38)/t15-,18+,19-,20-,22+/m0/s1. The fourth-order valence-electron chi connectivity index (χ4n) is 4.72. The van der Waals surface area contributed by atoms with Gasteiger partial charge in [0.2, 0.25) is 5.91 Å². The number of carbonyl (C=O) groups is 3. The van der Waals surface area contributed by atoms with Gasteiger partial charge < -0.3 is 25.8 Å². The van der Waals surface area contributed by atoms with Crippen molar-refractivity contribution in [1.82, 2.24) is 10.2 Å². The molecule has 0 bridgehead atoms. The number of nitrogens with zero attached hydrogens (tertiary/aromatic N) is 1. The molecular weight excluding hydrogens is 593 g/mol. The maximum Gasteiger partial charge on any atom is 0.405 e. The van der Waals surface area contributed by atoms with Gasteiger partial charge in [-0.05, 0) is 37.0 Å². The number of benzene rings is 1. The summed E-state index contributed by atoms with van der Waals surface area (Å²) in [6.07, 6.45) is -9.02. The number of methoxy groups -OCH3 is 1. The Morgan fingerprint density at radius 1 is 1.12 bits per heavy atom. The first-order valence-electron chi connectivity index (χ1n) is 13.1. The van der Waals surface area contributed by atoms with Crippen molar-refractivity contribution in [2.45, 2.75) is 74.9 Å². The lowest BCUT2D eigenvalue weighted by Gasteiger charge is -2.32. The molecule has 0 radical (unpaired) electrons. The predicted octanol–water partition coefficient (Wildman–Crippen LogP) is 1.83. The van der Waals surface area contributed by atoms with Crippen molar-refractivity contribution >= 4 is 27.4 Å². The summed E-state index contributed by atoms with van der Waals surface area (Å²) in [7, 11) is -2.50. The Labute approximate surface area is 240 Å². The van der Waals surface area contributed by atoms with E-state index in [1.54, 1.807) is 24.3 Å². The Morgan fingerprint density at radius 2 is 1.69 bits per heavy atom. The van der Waals surface area contributed by atoms with Crippen molar-refractivity contribution in [3.63, 3.8) is 0 Å². The van der Waals surface area contributed by atoms with E-state index >= 15 is 0 Å². The molecule has 10 nitrogen and oxygen atoms in total. The van der Waals surface area contributed by atoms with Gasteiger partial charge >= 0.3 is 12.1 Å². The van der Waals surface area contributed by atoms with Crippen LogP contribution in [-0.2, 0) is 30.0 Å². The lowest BCUT2D eigenvalue weighted by Crippen LogP contribution is -2.54. The van der Waals surface area contributed by atoms with Crippen molar-refractivity contribution < 1.29 is 54.6 Å². The molecule has 1 aromatic carbocycles. The first kappa shape index (κ1) is 35.3. The summed E-state index contributed by atoms with van der Waals surface area (Å²) in [6, 6.07) is 3.69. The molecule has 16 heteroatoms. The zero-order chi connectivity index (χ0) is 32.2. The molecule has 0 spiro atoms. The van der Waals surface area contributed by atoms with Gasteiger partial charge in [-0.1, -0.05) is 26.0 Å². The molecule has 1 aliphatic rings. The minimum atomic E-state index is -4.98. The number of ether oxygens (including phenoxy) is 1. The number of Topliss-reactive ketones (excluding diaryl/α,β-unsaturated/α-hetero) is 1. The van der Waals surface area contributed by atoms with Crippen LogP contribution in [0.3, 0.4) is 0 Å². The van der Waals surface area contributed by atoms with Gasteiger partial charge in [0, 0.05) is 18.9 Å². The largest absolute Gasteiger partial charge is 0.497 e. The number of carbonyl (C=O) groups excluding carboxylic acids is 3. The Hall–Kier alpha value is -2.85. The molecule has 1 fully saturated rings. The first-order chi connectivity index (χ1) is 19.2. The van der Waals surface area contributed by atoms with E-state index in [4.69, 9.17) is 10.5 Å². The van der Waals surface area contributed by atoms with E-state index in [1.807, 2.05) is 0 Å². The monoisotopic (exact) mass is 629 g/mol. The number of hydrogen-bond donors (Lipinski definition) is 3. The van der Waals surface area contributed by atoms with Gasteiger partial charge in [0.1, 0.15) is 18.4 Å². The topological polar surface area (TPSA) is 156 Å².